The largest absolute Gasteiger partial charge is 0.352 e. The Balaban J connectivity index is 2.13. The highest BCUT2D eigenvalue weighted by Gasteiger charge is 2.27. The zero-order valence-electron chi connectivity index (χ0n) is 14.9. The highest BCUT2D eigenvalue weighted by atomic mass is 16.2. The van der Waals surface area contributed by atoms with Gasteiger partial charge in [0, 0.05) is 17.3 Å². The molecule has 0 aliphatic heterocycles. The predicted molar refractivity (Wildman–Crippen MR) is 94.0 cm³/mol. The van der Waals surface area contributed by atoms with Crippen molar-refractivity contribution in [3.05, 3.63) is 52.8 Å². The Labute approximate surface area is 147 Å². The van der Waals surface area contributed by atoms with Gasteiger partial charge in [-0.2, -0.15) is 10.4 Å². The third-order valence-electron chi connectivity index (χ3n) is 3.76. The van der Waals surface area contributed by atoms with Crippen LogP contribution in [0, 0.1) is 31.1 Å². The molecule has 1 amide bonds. The molecule has 2 aromatic rings. The van der Waals surface area contributed by atoms with Crippen molar-refractivity contribution in [1.29, 1.82) is 5.26 Å². The van der Waals surface area contributed by atoms with Crippen LogP contribution in [0.1, 0.15) is 41.2 Å². The van der Waals surface area contributed by atoms with Crippen molar-refractivity contribution in [2.24, 2.45) is 5.92 Å². The minimum Gasteiger partial charge on any atom is -0.352 e. The molecule has 0 saturated heterocycles. The number of hydrogen-bond acceptors (Lipinski definition) is 4. The number of benzene rings is 1. The van der Waals surface area contributed by atoms with Gasteiger partial charge in [-0.15, -0.1) is 0 Å². The van der Waals surface area contributed by atoms with Gasteiger partial charge in [-0.3, -0.25) is 14.3 Å². The first-order valence-corrected chi connectivity index (χ1v) is 8.16. The molecule has 1 atom stereocenters. The number of Topliss-reactive ketones (excluding diaryl/α,β-unsaturated/α-hetero) is 1. The molecule has 0 bridgehead atoms. The molecule has 6 nitrogen and oxygen atoms in total. The Hall–Kier alpha value is -2.94. The maximum absolute atomic E-state index is 12.4. The zero-order chi connectivity index (χ0) is 18.6. The van der Waals surface area contributed by atoms with Crippen LogP contribution in [0.25, 0.3) is 0 Å². The van der Waals surface area contributed by atoms with Gasteiger partial charge in [0.2, 0.25) is 5.91 Å². The van der Waals surface area contributed by atoms with Crippen LogP contribution in [0.5, 0.6) is 0 Å². The molecular formula is C19H22N4O2. The number of carbonyl (C=O) groups excluding carboxylic acids is 2. The summed E-state index contributed by atoms with van der Waals surface area (Å²) in [6.45, 7) is 8.09. The van der Waals surface area contributed by atoms with E-state index in [1.807, 2.05) is 36.7 Å². The number of nitrogens with one attached hydrogen (secondary N) is 1. The first-order valence-electron chi connectivity index (χ1n) is 8.16. The Bertz CT molecular complexity index is 813. The van der Waals surface area contributed by atoms with Crippen molar-refractivity contribution in [3.8, 4) is 6.07 Å². The molecule has 130 valence electrons. The monoisotopic (exact) mass is 338 g/mol. The Morgan fingerprint density at radius 1 is 1.24 bits per heavy atom. The molecule has 1 aromatic heterocycles. The average molecular weight is 338 g/mol. The molecular weight excluding hydrogens is 316 g/mol. The van der Waals surface area contributed by atoms with Crippen molar-refractivity contribution < 1.29 is 9.59 Å². The van der Waals surface area contributed by atoms with Crippen molar-refractivity contribution >= 4 is 11.7 Å². The maximum atomic E-state index is 12.4. The van der Waals surface area contributed by atoms with Gasteiger partial charge in [-0.05, 0) is 39.3 Å². The number of nitriles is 1. The summed E-state index contributed by atoms with van der Waals surface area (Å²) in [6.07, 6.45) is 0. The quantitative estimate of drug-likeness (QED) is 0.647. The van der Waals surface area contributed by atoms with Crippen LogP contribution in [0.15, 0.2) is 30.3 Å². The lowest BCUT2D eigenvalue weighted by atomic mass is 9.97. The highest BCUT2D eigenvalue weighted by Crippen LogP contribution is 2.13. The zero-order valence-corrected chi connectivity index (χ0v) is 14.9. The number of aryl methyl sites for hydroxylation is 2. The van der Waals surface area contributed by atoms with Crippen LogP contribution < -0.4 is 5.32 Å². The molecule has 2 rings (SSSR count). The fraction of sp³-hybridized carbons (Fsp3) is 0.368. The summed E-state index contributed by atoms with van der Waals surface area (Å²) < 4.78 is 1.89. The molecule has 25 heavy (non-hydrogen) atoms. The Kier molecular flexibility index (Phi) is 5.71. The molecule has 1 aromatic carbocycles. The summed E-state index contributed by atoms with van der Waals surface area (Å²) in [6, 6.07) is 10.6. The molecule has 0 spiro atoms. The summed E-state index contributed by atoms with van der Waals surface area (Å²) in [7, 11) is 0. The number of aromatic nitrogens is 2. The van der Waals surface area contributed by atoms with Gasteiger partial charge in [-0.1, -0.05) is 24.3 Å². The topological polar surface area (TPSA) is 87.8 Å². The molecule has 6 heteroatoms. The van der Waals surface area contributed by atoms with Crippen LogP contribution in [-0.2, 0) is 11.3 Å². The lowest BCUT2D eigenvalue weighted by Crippen LogP contribution is -2.38. The van der Waals surface area contributed by atoms with Crippen molar-refractivity contribution in [2.75, 3.05) is 0 Å². The number of ketones is 1. The predicted octanol–water partition coefficient (Wildman–Crippen LogP) is 2.40. The van der Waals surface area contributed by atoms with Gasteiger partial charge in [-0.25, -0.2) is 0 Å². The average Bonchev–Trinajstić information content (AvgIpc) is 2.85. The second-order valence-electron chi connectivity index (χ2n) is 6.37. The standard InChI is InChI=1S/C19H22N4O2/c1-12(2)21-19(25)17(10-20)18(24)16-7-5-15(6-8-16)11-23-14(4)9-13(3)22-23/h5-9,12,17H,11H2,1-4H3,(H,21,25). The fourth-order valence-electron chi connectivity index (χ4n) is 2.55. The van der Waals surface area contributed by atoms with E-state index in [9.17, 15) is 14.9 Å². The van der Waals surface area contributed by atoms with Gasteiger partial charge in [0.1, 0.15) is 0 Å². The Morgan fingerprint density at radius 2 is 1.88 bits per heavy atom. The van der Waals surface area contributed by atoms with Crippen molar-refractivity contribution in [3.63, 3.8) is 0 Å². The van der Waals surface area contributed by atoms with Crippen LogP contribution in [0.4, 0.5) is 0 Å². The van der Waals surface area contributed by atoms with E-state index >= 15 is 0 Å². The van der Waals surface area contributed by atoms with Gasteiger partial charge >= 0.3 is 0 Å². The van der Waals surface area contributed by atoms with Gasteiger partial charge < -0.3 is 5.32 Å². The van der Waals surface area contributed by atoms with E-state index in [-0.39, 0.29) is 6.04 Å². The number of nitrogens with zero attached hydrogens (tertiary/aromatic N) is 3. The molecule has 0 saturated carbocycles. The van der Waals surface area contributed by atoms with Gasteiger partial charge in [0.05, 0.1) is 18.3 Å². The lowest BCUT2D eigenvalue weighted by molar-refractivity contribution is -0.122. The third kappa shape index (κ3) is 4.54. The molecule has 0 aliphatic carbocycles. The second-order valence-corrected chi connectivity index (χ2v) is 6.37. The molecule has 0 aliphatic rings. The summed E-state index contributed by atoms with van der Waals surface area (Å²) in [5, 5.41) is 16.2. The number of carbonyl (C=O) groups is 2. The summed E-state index contributed by atoms with van der Waals surface area (Å²) in [4.78, 5) is 24.4. The molecule has 1 N–H and O–H groups in total. The number of amides is 1. The summed E-state index contributed by atoms with van der Waals surface area (Å²) >= 11 is 0. The third-order valence-corrected chi connectivity index (χ3v) is 3.76. The van der Waals surface area contributed by atoms with Gasteiger partial charge in [0.25, 0.3) is 0 Å². The van der Waals surface area contributed by atoms with E-state index in [0.717, 1.165) is 17.0 Å². The SMILES string of the molecule is Cc1cc(C)n(Cc2ccc(C(=O)C(C#N)C(=O)NC(C)C)cc2)n1. The molecule has 1 heterocycles. The number of hydrogen-bond donors (Lipinski definition) is 1. The lowest BCUT2D eigenvalue weighted by Gasteiger charge is -2.12. The van der Waals surface area contributed by atoms with Crippen LogP contribution in [0.2, 0.25) is 0 Å². The molecule has 0 radical (unpaired) electrons. The van der Waals surface area contributed by atoms with E-state index in [1.165, 1.54) is 0 Å². The summed E-state index contributed by atoms with van der Waals surface area (Å²) in [5.74, 6) is -2.38. The molecule has 0 fully saturated rings. The Morgan fingerprint density at radius 3 is 2.36 bits per heavy atom. The van der Waals surface area contributed by atoms with E-state index in [2.05, 4.69) is 10.4 Å². The van der Waals surface area contributed by atoms with E-state index < -0.39 is 17.6 Å². The maximum Gasteiger partial charge on any atom is 0.245 e. The highest BCUT2D eigenvalue weighted by molar-refractivity contribution is 6.12. The van der Waals surface area contributed by atoms with Crippen molar-refractivity contribution in [1.82, 2.24) is 15.1 Å². The van der Waals surface area contributed by atoms with E-state index in [4.69, 9.17) is 0 Å². The normalized spacial score (nSPS) is 11.8. The van der Waals surface area contributed by atoms with E-state index in [0.29, 0.717) is 12.1 Å². The fourth-order valence-corrected chi connectivity index (χ4v) is 2.55. The number of rotatable bonds is 6. The molecule has 1 unspecified atom stereocenters. The minimum absolute atomic E-state index is 0.126. The van der Waals surface area contributed by atoms with Crippen LogP contribution in [-0.4, -0.2) is 27.5 Å². The first-order chi connectivity index (χ1) is 11.8. The van der Waals surface area contributed by atoms with Crippen LogP contribution >= 0.6 is 0 Å². The smallest absolute Gasteiger partial charge is 0.245 e. The first kappa shape index (κ1) is 18.4. The summed E-state index contributed by atoms with van der Waals surface area (Å²) in [5.41, 5.74) is 3.36. The van der Waals surface area contributed by atoms with Crippen molar-refractivity contribution in [2.45, 2.75) is 40.3 Å². The van der Waals surface area contributed by atoms with Gasteiger partial charge in [0.15, 0.2) is 11.7 Å². The minimum atomic E-state index is -1.33. The van der Waals surface area contributed by atoms with Crippen LogP contribution in [0.3, 0.4) is 0 Å². The second kappa shape index (κ2) is 7.75. The van der Waals surface area contributed by atoms with E-state index in [1.54, 1.807) is 32.0 Å².